The molecule has 3 aromatic rings. The molecule has 2 amide bonds. The number of amides is 2. The van der Waals surface area contributed by atoms with Gasteiger partial charge in [0.15, 0.2) is 11.5 Å². The Morgan fingerprint density at radius 2 is 1.74 bits per heavy atom. The van der Waals surface area contributed by atoms with E-state index in [0.717, 1.165) is 5.69 Å². The Balaban J connectivity index is 1.85. The molecule has 3 rings (SSSR count). The number of hydrazone groups is 1. The third-order valence-electron chi connectivity index (χ3n) is 4.91. The molecule has 0 heterocycles. The van der Waals surface area contributed by atoms with Gasteiger partial charge in [-0.1, -0.05) is 41.9 Å². The maximum absolute atomic E-state index is 12.9. The third kappa shape index (κ3) is 6.84. The minimum Gasteiger partial charge on any atom is -0.504 e. The van der Waals surface area contributed by atoms with Crippen molar-refractivity contribution < 1.29 is 19.4 Å². The number of methoxy groups -OCH3 is 1. The average molecular weight is 493 g/mol. The van der Waals surface area contributed by atoms with Crippen LogP contribution in [-0.2, 0) is 4.79 Å². The molecule has 0 fully saturated rings. The zero-order chi connectivity index (χ0) is 25.4. The first-order valence-corrected chi connectivity index (χ1v) is 10.9. The molecule has 0 aliphatic heterocycles. The standard InChI is InChI=1S/C26H25ClN4O4/c1-31(2)21-11-9-17(10-12-21)13-22(29-25(33)18-7-5-4-6-8-18)26(34)30-28-16-19-14-20(27)15-23(35-3)24(19)32/h4-16,32H,1-3H3,(H,29,33)(H,30,34)/b22-13+,28-16+. The number of rotatable bonds is 8. The molecule has 0 saturated carbocycles. The summed E-state index contributed by atoms with van der Waals surface area (Å²) in [5.41, 5.74) is 4.69. The summed E-state index contributed by atoms with van der Waals surface area (Å²) in [6.45, 7) is 0. The average Bonchev–Trinajstić information content (AvgIpc) is 2.86. The lowest BCUT2D eigenvalue weighted by atomic mass is 10.1. The van der Waals surface area contributed by atoms with Gasteiger partial charge in [-0.3, -0.25) is 9.59 Å². The van der Waals surface area contributed by atoms with E-state index >= 15 is 0 Å². The highest BCUT2D eigenvalue weighted by atomic mass is 35.5. The van der Waals surface area contributed by atoms with Crippen molar-refractivity contribution in [2.24, 2.45) is 5.10 Å². The fraction of sp³-hybridized carbons (Fsp3) is 0.115. The largest absolute Gasteiger partial charge is 0.504 e. The predicted molar refractivity (Wildman–Crippen MR) is 138 cm³/mol. The van der Waals surface area contributed by atoms with Crippen LogP contribution in [0.5, 0.6) is 11.5 Å². The van der Waals surface area contributed by atoms with Crippen LogP contribution in [0.1, 0.15) is 21.5 Å². The Kier molecular flexibility index (Phi) is 8.48. The summed E-state index contributed by atoms with van der Waals surface area (Å²) < 4.78 is 5.06. The molecule has 0 spiro atoms. The van der Waals surface area contributed by atoms with Gasteiger partial charge in [-0.15, -0.1) is 0 Å². The van der Waals surface area contributed by atoms with Crippen LogP contribution in [0.25, 0.3) is 6.08 Å². The van der Waals surface area contributed by atoms with Gasteiger partial charge in [0.05, 0.1) is 13.3 Å². The lowest BCUT2D eigenvalue weighted by Gasteiger charge is -2.13. The molecule has 0 bridgehead atoms. The van der Waals surface area contributed by atoms with Crippen molar-refractivity contribution in [3.63, 3.8) is 0 Å². The smallest absolute Gasteiger partial charge is 0.287 e. The summed E-state index contributed by atoms with van der Waals surface area (Å²) in [5.74, 6) is -1.11. The van der Waals surface area contributed by atoms with Crippen LogP contribution in [-0.4, -0.2) is 44.3 Å². The normalized spacial score (nSPS) is 11.3. The maximum Gasteiger partial charge on any atom is 0.287 e. The van der Waals surface area contributed by atoms with Crippen LogP contribution < -0.4 is 20.4 Å². The summed E-state index contributed by atoms with van der Waals surface area (Å²) in [5, 5.41) is 17.1. The van der Waals surface area contributed by atoms with Crippen molar-refractivity contribution in [3.05, 3.63) is 94.1 Å². The van der Waals surface area contributed by atoms with Crippen molar-refractivity contribution >= 4 is 41.4 Å². The highest BCUT2D eigenvalue weighted by Crippen LogP contribution is 2.32. The predicted octanol–water partition coefficient (Wildman–Crippen LogP) is 4.04. The van der Waals surface area contributed by atoms with E-state index in [0.29, 0.717) is 16.1 Å². The van der Waals surface area contributed by atoms with E-state index < -0.39 is 11.8 Å². The second-order valence-corrected chi connectivity index (χ2v) is 8.05. The number of hydrogen-bond acceptors (Lipinski definition) is 6. The molecule has 0 atom stereocenters. The fourth-order valence-electron chi connectivity index (χ4n) is 3.05. The topological polar surface area (TPSA) is 103 Å². The van der Waals surface area contributed by atoms with Gasteiger partial charge in [0.1, 0.15) is 5.70 Å². The van der Waals surface area contributed by atoms with Crippen molar-refractivity contribution in [1.29, 1.82) is 0 Å². The number of anilines is 1. The van der Waals surface area contributed by atoms with Crippen LogP contribution in [0, 0.1) is 0 Å². The van der Waals surface area contributed by atoms with Gasteiger partial charge >= 0.3 is 0 Å². The number of carbonyl (C=O) groups excluding carboxylic acids is 2. The number of phenolic OH excluding ortho intramolecular Hbond substituents is 1. The van der Waals surface area contributed by atoms with Crippen LogP contribution >= 0.6 is 11.6 Å². The van der Waals surface area contributed by atoms with E-state index in [9.17, 15) is 14.7 Å². The van der Waals surface area contributed by atoms with Gasteiger partial charge in [0.25, 0.3) is 11.8 Å². The van der Waals surface area contributed by atoms with E-state index in [1.807, 2.05) is 43.3 Å². The number of ether oxygens (including phenoxy) is 1. The Hall–Kier alpha value is -4.30. The Bertz CT molecular complexity index is 1260. The summed E-state index contributed by atoms with van der Waals surface area (Å²) in [7, 11) is 5.25. The zero-order valence-corrected chi connectivity index (χ0v) is 20.2. The molecular formula is C26H25ClN4O4. The number of halogens is 1. The first kappa shape index (κ1) is 25.3. The molecule has 0 radical (unpaired) electrons. The first-order valence-electron chi connectivity index (χ1n) is 10.5. The van der Waals surface area contributed by atoms with Gasteiger partial charge in [-0.25, -0.2) is 5.43 Å². The summed E-state index contributed by atoms with van der Waals surface area (Å²) in [4.78, 5) is 27.6. The van der Waals surface area contributed by atoms with Crippen molar-refractivity contribution in [2.45, 2.75) is 0 Å². The minimum atomic E-state index is -0.657. The van der Waals surface area contributed by atoms with E-state index in [2.05, 4.69) is 15.8 Å². The molecule has 0 aliphatic rings. The second kappa shape index (κ2) is 11.7. The zero-order valence-electron chi connectivity index (χ0n) is 19.4. The summed E-state index contributed by atoms with van der Waals surface area (Å²) >= 11 is 6.03. The lowest BCUT2D eigenvalue weighted by Crippen LogP contribution is -2.32. The Labute approximate surface area is 208 Å². The van der Waals surface area contributed by atoms with E-state index in [1.54, 1.807) is 36.4 Å². The minimum absolute atomic E-state index is 0.0125. The van der Waals surface area contributed by atoms with Crippen LogP contribution in [0.4, 0.5) is 5.69 Å². The number of nitrogens with zero attached hydrogens (tertiary/aromatic N) is 2. The molecule has 0 saturated heterocycles. The van der Waals surface area contributed by atoms with Gasteiger partial charge in [0, 0.05) is 42.0 Å². The first-order chi connectivity index (χ1) is 16.8. The van der Waals surface area contributed by atoms with E-state index in [4.69, 9.17) is 16.3 Å². The number of nitrogens with one attached hydrogen (secondary N) is 2. The van der Waals surface area contributed by atoms with Gasteiger partial charge in [0.2, 0.25) is 0 Å². The molecule has 35 heavy (non-hydrogen) atoms. The van der Waals surface area contributed by atoms with Crippen molar-refractivity contribution in [3.8, 4) is 11.5 Å². The third-order valence-corrected chi connectivity index (χ3v) is 5.13. The molecule has 3 N–H and O–H groups in total. The van der Waals surface area contributed by atoms with Gasteiger partial charge < -0.3 is 20.1 Å². The van der Waals surface area contributed by atoms with Crippen LogP contribution in [0.15, 0.2) is 77.5 Å². The number of aromatic hydroxyl groups is 1. The molecule has 3 aromatic carbocycles. The van der Waals surface area contributed by atoms with Crippen LogP contribution in [0.2, 0.25) is 5.02 Å². The summed E-state index contributed by atoms with van der Waals surface area (Å²) in [6, 6.07) is 18.9. The highest BCUT2D eigenvalue weighted by molar-refractivity contribution is 6.31. The molecular weight excluding hydrogens is 468 g/mol. The number of carbonyl (C=O) groups is 2. The fourth-order valence-corrected chi connectivity index (χ4v) is 3.26. The lowest BCUT2D eigenvalue weighted by molar-refractivity contribution is -0.117. The van der Waals surface area contributed by atoms with E-state index in [1.165, 1.54) is 25.5 Å². The molecule has 0 aromatic heterocycles. The monoisotopic (exact) mass is 492 g/mol. The highest BCUT2D eigenvalue weighted by Gasteiger charge is 2.15. The van der Waals surface area contributed by atoms with Gasteiger partial charge in [-0.05, 0) is 42.0 Å². The molecule has 9 heteroatoms. The molecule has 0 unspecified atom stereocenters. The van der Waals surface area contributed by atoms with Crippen LogP contribution in [0.3, 0.4) is 0 Å². The Morgan fingerprint density at radius 3 is 2.37 bits per heavy atom. The number of benzene rings is 3. The van der Waals surface area contributed by atoms with E-state index in [-0.39, 0.29) is 22.8 Å². The molecule has 180 valence electrons. The number of phenols is 1. The van der Waals surface area contributed by atoms with Crippen molar-refractivity contribution in [2.75, 3.05) is 26.1 Å². The second-order valence-electron chi connectivity index (χ2n) is 7.61. The molecule has 8 nitrogen and oxygen atoms in total. The van der Waals surface area contributed by atoms with Gasteiger partial charge in [-0.2, -0.15) is 5.10 Å². The number of hydrogen-bond donors (Lipinski definition) is 3. The molecule has 0 aliphatic carbocycles. The Morgan fingerprint density at radius 1 is 1.06 bits per heavy atom. The SMILES string of the molecule is COc1cc(Cl)cc(/C=N/NC(=O)/C(=C\c2ccc(N(C)C)cc2)NC(=O)c2ccccc2)c1O. The summed E-state index contributed by atoms with van der Waals surface area (Å²) in [6.07, 6.45) is 2.77. The van der Waals surface area contributed by atoms with Crippen molar-refractivity contribution in [1.82, 2.24) is 10.7 Å². The maximum atomic E-state index is 12.9. The quantitative estimate of drug-likeness (QED) is 0.250.